The number of amides is 1. The second-order valence-electron chi connectivity index (χ2n) is 10.9. The van der Waals surface area contributed by atoms with Crippen molar-refractivity contribution in [1.82, 2.24) is 4.90 Å². The largest absolute Gasteiger partial charge is 0.483 e. The highest BCUT2D eigenvalue weighted by Gasteiger charge is 2.61. The maximum absolute atomic E-state index is 12.3. The van der Waals surface area contributed by atoms with Crippen LogP contribution in [0.15, 0.2) is 24.3 Å². The number of fused-ring (bicyclic) bond motifs is 5. The monoisotopic (exact) mass is 426 g/mol. The Kier molecular flexibility index (Phi) is 4.83. The van der Waals surface area contributed by atoms with E-state index in [2.05, 4.69) is 13.8 Å². The summed E-state index contributed by atoms with van der Waals surface area (Å²) >= 11 is 0. The molecular weight excluding hydrogens is 392 g/mol. The van der Waals surface area contributed by atoms with Crippen molar-refractivity contribution in [2.75, 3.05) is 7.05 Å². The van der Waals surface area contributed by atoms with Crippen molar-refractivity contribution in [1.29, 1.82) is 0 Å². The minimum absolute atomic E-state index is 0.0284. The summed E-state index contributed by atoms with van der Waals surface area (Å²) in [4.78, 5) is 25.5. The first-order chi connectivity index (χ1) is 14.8. The van der Waals surface area contributed by atoms with E-state index in [0.29, 0.717) is 41.9 Å². The molecule has 1 aromatic rings. The molecule has 3 aliphatic carbocycles. The summed E-state index contributed by atoms with van der Waals surface area (Å²) in [5.74, 6) is 2.63. The SMILES string of the molecule is CN1C(=O)CC[C@@]2(C)C1CC[C@@H]1[C@H]2CC[C@]2(C)C(Oc3ccccc3[N+](=O)[O-])CC[C@@H]12. The van der Waals surface area contributed by atoms with Gasteiger partial charge in [0, 0.05) is 31.0 Å². The third kappa shape index (κ3) is 3.00. The van der Waals surface area contributed by atoms with E-state index in [0.717, 1.165) is 32.1 Å². The molecule has 4 aliphatic rings. The number of benzene rings is 1. The molecule has 3 saturated carbocycles. The first-order valence-electron chi connectivity index (χ1n) is 11.9. The molecule has 7 atom stereocenters. The molecule has 1 heterocycles. The van der Waals surface area contributed by atoms with Gasteiger partial charge in [-0.2, -0.15) is 0 Å². The molecule has 6 heteroatoms. The van der Waals surface area contributed by atoms with Crippen LogP contribution in [0.3, 0.4) is 0 Å². The number of nitrogens with zero attached hydrogens (tertiary/aromatic N) is 2. The Labute approximate surface area is 184 Å². The summed E-state index contributed by atoms with van der Waals surface area (Å²) in [6.45, 7) is 4.81. The number of nitro benzene ring substituents is 1. The Hall–Kier alpha value is -2.11. The molecule has 0 aromatic heterocycles. The predicted molar refractivity (Wildman–Crippen MR) is 118 cm³/mol. The van der Waals surface area contributed by atoms with Crippen molar-refractivity contribution in [2.24, 2.45) is 28.6 Å². The van der Waals surface area contributed by atoms with Crippen LogP contribution in [0.1, 0.15) is 65.2 Å². The van der Waals surface area contributed by atoms with Crippen LogP contribution < -0.4 is 4.74 Å². The summed E-state index contributed by atoms with van der Waals surface area (Å²) in [6.07, 6.45) is 8.38. The zero-order valence-corrected chi connectivity index (χ0v) is 18.9. The van der Waals surface area contributed by atoms with Gasteiger partial charge < -0.3 is 9.64 Å². The van der Waals surface area contributed by atoms with Gasteiger partial charge in [0.2, 0.25) is 5.91 Å². The lowest BCUT2D eigenvalue weighted by Gasteiger charge is -2.61. The summed E-state index contributed by atoms with van der Waals surface area (Å²) < 4.78 is 6.39. The van der Waals surface area contributed by atoms with Gasteiger partial charge in [-0.1, -0.05) is 26.0 Å². The highest BCUT2D eigenvalue weighted by atomic mass is 16.6. The van der Waals surface area contributed by atoms with Gasteiger partial charge in [-0.3, -0.25) is 14.9 Å². The highest BCUT2D eigenvalue weighted by molar-refractivity contribution is 5.77. The normalized spacial score (nSPS) is 41.8. The highest BCUT2D eigenvalue weighted by Crippen LogP contribution is 2.65. The summed E-state index contributed by atoms with van der Waals surface area (Å²) in [5.41, 5.74) is 0.334. The molecule has 0 spiro atoms. The van der Waals surface area contributed by atoms with Gasteiger partial charge in [0.15, 0.2) is 5.75 Å². The molecular formula is C25H34N2O4. The van der Waals surface area contributed by atoms with Crippen molar-refractivity contribution >= 4 is 11.6 Å². The topological polar surface area (TPSA) is 72.7 Å². The minimum atomic E-state index is -0.343. The first-order valence-corrected chi connectivity index (χ1v) is 11.9. The molecule has 1 aromatic carbocycles. The zero-order valence-electron chi connectivity index (χ0n) is 18.9. The number of ether oxygens (including phenoxy) is 1. The number of likely N-dealkylation sites (tertiary alicyclic amines) is 1. The van der Waals surface area contributed by atoms with Crippen LogP contribution in [0.5, 0.6) is 5.75 Å². The van der Waals surface area contributed by atoms with E-state index < -0.39 is 0 Å². The Morgan fingerprint density at radius 1 is 1.03 bits per heavy atom. The Bertz CT molecular complexity index is 903. The number of hydrogen-bond donors (Lipinski definition) is 0. The van der Waals surface area contributed by atoms with E-state index in [1.54, 1.807) is 12.1 Å². The lowest BCUT2D eigenvalue weighted by atomic mass is 9.47. The van der Waals surface area contributed by atoms with Gasteiger partial charge in [0.25, 0.3) is 0 Å². The molecule has 5 rings (SSSR count). The molecule has 31 heavy (non-hydrogen) atoms. The van der Waals surface area contributed by atoms with E-state index in [1.807, 2.05) is 18.0 Å². The quantitative estimate of drug-likeness (QED) is 0.491. The molecule has 1 aliphatic heterocycles. The number of carbonyl (C=O) groups excluding carboxylic acids is 1. The van der Waals surface area contributed by atoms with E-state index in [4.69, 9.17) is 4.74 Å². The fraction of sp³-hybridized carbons (Fsp3) is 0.720. The van der Waals surface area contributed by atoms with Crippen LogP contribution in [0.25, 0.3) is 0 Å². The van der Waals surface area contributed by atoms with Crippen LogP contribution in [-0.2, 0) is 4.79 Å². The van der Waals surface area contributed by atoms with Gasteiger partial charge in [-0.15, -0.1) is 0 Å². The Morgan fingerprint density at radius 3 is 2.55 bits per heavy atom. The smallest absolute Gasteiger partial charge is 0.310 e. The van der Waals surface area contributed by atoms with Crippen LogP contribution in [0.4, 0.5) is 5.69 Å². The number of hydrogen-bond acceptors (Lipinski definition) is 4. The number of carbonyl (C=O) groups is 1. The van der Waals surface area contributed by atoms with Gasteiger partial charge >= 0.3 is 5.69 Å². The number of rotatable bonds is 3. The lowest BCUT2D eigenvalue weighted by molar-refractivity contribution is -0.386. The first kappa shape index (κ1) is 20.8. The molecule has 1 saturated heterocycles. The van der Waals surface area contributed by atoms with Crippen molar-refractivity contribution in [3.8, 4) is 5.75 Å². The molecule has 1 amide bonds. The van der Waals surface area contributed by atoms with Gasteiger partial charge in [-0.25, -0.2) is 0 Å². The fourth-order valence-electron chi connectivity index (χ4n) is 8.16. The van der Waals surface area contributed by atoms with Crippen molar-refractivity contribution in [3.63, 3.8) is 0 Å². The molecule has 4 fully saturated rings. The molecule has 168 valence electrons. The second kappa shape index (κ2) is 7.21. The van der Waals surface area contributed by atoms with E-state index in [9.17, 15) is 14.9 Å². The van der Waals surface area contributed by atoms with Crippen LogP contribution >= 0.6 is 0 Å². The maximum Gasteiger partial charge on any atom is 0.310 e. The Balaban J connectivity index is 1.39. The number of piperidine rings is 1. The summed E-state index contributed by atoms with van der Waals surface area (Å²) in [6, 6.07) is 7.16. The van der Waals surface area contributed by atoms with Gasteiger partial charge in [0.05, 0.1) is 4.92 Å². The van der Waals surface area contributed by atoms with Crippen molar-refractivity contribution in [3.05, 3.63) is 34.4 Å². The minimum Gasteiger partial charge on any atom is -0.483 e. The van der Waals surface area contributed by atoms with Crippen LogP contribution in [-0.4, -0.2) is 34.9 Å². The van der Waals surface area contributed by atoms with Crippen molar-refractivity contribution in [2.45, 2.75) is 77.4 Å². The molecule has 6 nitrogen and oxygen atoms in total. The number of para-hydroxylation sites is 2. The van der Waals surface area contributed by atoms with E-state index >= 15 is 0 Å². The standard InChI is InChI=1S/C25H34N2O4/c1-24-15-13-23(28)26(3)21(24)10-8-16-17-9-11-22(25(17,2)14-12-18(16)24)31-20-7-5-4-6-19(20)27(29)30/h4-7,16-18,21-22H,8-15H2,1-3H3/t16-,17-,18+,21?,22?,24+,25-/m0/s1. The zero-order chi connectivity index (χ0) is 22.0. The van der Waals surface area contributed by atoms with E-state index in [-0.39, 0.29) is 27.5 Å². The van der Waals surface area contributed by atoms with Gasteiger partial charge in [0.1, 0.15) is 6.10 Å². The summed E-state index contributed by atoms with van der Waals surface area (Å²) in [5, 5.41) is 11.5. The Morgan fingerprint density at radius 2 is 1.77 bits per heavy atom. The maximum atomic E-state index is 12.3. The third-order valence-corrected chi connectivity index (χ3v) is 9.80. The average Bonchev–Trinajstić information content (AvgIpc) is 3.08. The van der Waals surface area contributed by atoms with Crippen LogP contribution in [0.2, 0.25) is 0 Å². The van der Waals surface area contributed by atoms with E-state index in [1.165, 1.54) is 18.9 Å². The number of nitro groups is 1. The summed E-state index contributed by atoms with van der Waals surface area (Å²) in [7, 11) is 2.00. The third-order valence-electron chi connectivity index (χ3n) is 9.80. The molecule has 2 unspecified atom stereocenters. The van der Waals surface area contributed by atoms with Gasteiger partial charge in [-0.05, 0) is 74.2 Å². The average molecular weight is 427 g/mol. The van der Waals surface area contributed by atoms with Crippen LogP contribution in [0, 0.1) is 38.7 Å². The molecule has 0 N–H and O–H groups in total. The van der Waals surface area contributed by atoms with Crippen molar-refractivity contribution < 1.29 is 14.5 Å². The second-order valence-corrected chi connectivity index (χ2v) is 10.9. The predicted octanol–water partition coefficient (Wildman–Crippen LogP) is 5.21. The molecule has 0 radical (unpaired) electrons. The fourth-order valence-corrected chi connectivity index (χ4v) is 8.16. The lowest BCUT2D eigenvalue weighted by Crippen LogP contribution is -2.61. The molecule has 0 bridgehead atoms.